The molecule has 154 valence electrons. The van der Waals surface area contributed by atoms with E-state index in [4.69, 9.17) is 5.26 Å². The average Bonchev–Trinajstić information content (AvgIpc) is 2.52. The third-order valence-corrected chi connectivity index (χ3v) is 5.68. The molecule has 4 bridgehead atoms. The average molecular weight is 427 g/mol. The van der Waals surface area contributed by atoms with E-state index in [-0.39, 0.29) is 0 Å². The Hall–Kier alpha value is -1.49. The van der Waals surface area contributed by atoms with Crippen LogP contribution in [-0.4, -0.2) is 52.3 Å². The summed E-state index contributed by atoms with van der Waals surface area (Å²) in [6.45, 7) is 0. The maximum absolute atomic E-state index is 14.7. The molecule has 0 aromatic heterocycles. The highest BCUT2D eigenvalue weighted by Gasteiger charge is 3.19. The van der Waals surface area contributed by atoms with Gasteiger partial charge in [0.1, 0.15) is 0 Å². The van der Waals surface area contributed by atoms with Gasteiger partial charge in [0.25, 0.3) is 11.3 Å². The van der Waals surface area contributed by atoms with Gasteiger partial charge >= 0.3 is 41.0 Å². The molecule has 1 nitrogen and oxygen atoms in total. The summed E-state index contributed by atoms with van der Waals surface area (Å²) in [5, 5.41) is 8.29. The molecular formula is C12H3F14N. The normalized spacial score (nSPS) is 52.4. The molecular weight excluding hydrogens is 424 g/mol. The van der Waals surface area contributed by atoms with E-state index in [9.17, 15) is 61.5 Å². The van der Waals surface area contributed by atoms with Crippen LogP contribution in [0.15, 0.2) is 0 Å². The molecule has 0 aromatic carbocycles. The molecule has 0 spiro atoms. The van der Waals surface area contributed by atoms with Gasteiger partial charge in [-0.2, -0.15) is 49.2 Å². The number of hydrogen-bond acceptors (Lipinski definition) is 1. The molecule has 0 saturated heterocycles. The highest BCUT2D eigenvalue weighted by molar-refractivity contribution is 5.51. The van der Waals surface area contributed by atoms with E-state index in [2.05, 4.69) is 0 Å². The molecule has 0 amide bonds. The first-order chi connectivity index (χ1) is 11.7. The Balaban J connectivity index is 2.65. The smallest absolute Gasteiger partial charge is 0.230 e. The van der Waals surface area contributed by atoms with Gasteiger partial charge in [-0.3, -0.25) is 0 Å². The van der Waals surface area contributed by atoms with Crippen molar-refractivity contribution in [2.75, 3.05) is 0 Å². The van der Waals surface area contributed by atoms with Crippen LogP contribution < -0.4 is 0 Å². The van der Waals surface area contributed by atoms with Crippen molar-refractivity contribution < 1.29 is 61.5 Å². The van der Waals surface area contributed by atoms with Gasteiger partial charge in [0.15, 0.2) is 0 Å². The number of rotatable bonds is 1. The summed E-state index contributed by atoms with van der Waals surface area (Å²) in [6.07, 6.45) is -2.58. The van der Waals surface area contributed by atoms with E-state index in [0.717, 1.165) is 0 Å². The largest absolute Gasteiger partial charge is 0.339 e. The molecule has 0 aliphatic heterocycles. The van der Waals surface area contributed by atoms with Crippen molar-refractivity contribution in [3.63, 3.8) is 0 Å². The lowest BCUT2D eigenvalue weighted by Crippen LogP contribution is -3.06. The zero-order valence-corrected chi connectivity index (χ0v) is 12.0. The fourth-order valence-corrected chi connectivity index (χ4v) is 4.34. The van der Waals surface area contributed by atoms with Gasteiger partial charge in [-0.1, -0.05) is 0 Å². The van der Waals surface area contributed by atoms with Crippen LogP contribution in [0, 0.1) is 17.2 Å². The summed E-state index contributed by atoms with van der Waals surface area (Å²) in [7, 11) is 0. The number of nitrogens with zero attached hydrogens (tertiary/aromatic N) is 1. The van der Waals surface area contributed by atoms with Crippen LogP contribution in [-0.2, 0) is 0 Å². The Morgan fingerprint density at radius 1 is 0.519 bits per heavy atom. The molecule has 0 atom stereocenters. The van der Waals surface area contributed by atoms with E-state index in [1.165, 1.54) is 0 Å². The lowest BCUT2D eigenvalue weighted by molar-refractivity contribution is -0.582. The second kappa shape index (κ2) is 4.10. The Morgan fingerprint density at radius 3 is 1.00 bits per heavy atom. The zero-order valence-electron chi connectivity index (χ0n) is 12.0. The van der Waals surface area contributed by atoms with E-state index >= 15 is 0 Å². The van der Waals surface area contributed by atoms with E-state index in [0.29, 0.717) is 6.07 Å². The van der Waals surface area contributed by atoms with Gasteiger partial charge in [-0.15, -0.1) is 0 Å². The lowest BCUT2D eigenvalue weighted by atomic mass is 9.38. The predicted octanol–water partition coefficient (Wildman–Crippen LogP) is 4.57. The molecule has 4 fully saturated rings. The molecule has 4 rings (SSSR count). The van der Waals surface area contributed by atoms with Crippen molar-refractivity contribution in [1.82, 2.24) is 0 Å². The minimum absolute atomic E-state index is 0.397. The maximum Gasteiger partial charge on any atom is 0.339 e. The van der Waals surface area contributed by atoms with E-state index in [1.807, 2.05) is 0 Å². The maximum atomic E-state index is 14.7. The second-order valence-electron chi connectivity index (χ2n) is 6.53. The standard InChI is InChI=1S/C12H3F14N/c13-4-3(1-2-27)5(14)10(21,22)6(15,8(4,17)18)12(25,26)7(16,9(4,19)20)11(5,23)24/h3H,1H2. The molecule has 0 radical (unpaired) electrons. The van der Waals surface area contributed by atoms with Crippen molar-refractivity contribution >= 4 is 0 Å². The topological polar surface area (TPSA) is 23.8 Å². The van der Waals surface area contributed by atoms with Crippen LogP contribution >= 0.6 is 0 Å². The van der Waals surface area contributed by atoms with Gasteiger partial charge in [0.05, 0.1) is 12.0 Å². The Bertz CT molecular complexity index is 677. The first-order valence-electron chi connectivity index (χ1n) is 6.71. The fourth-order valence-electron chi connectivity index (χ4n) is 4.34. The van der Waals surface area contributed by atoms with Crippen molar-refractivity contribution in [3.8, 4) is 6.07 Å². The minimum atomic E-state index is -7.65. The van der Waals surface area contributed by atoms with Crippen molar-refractivity contribution in [3.05, 3.63) is 0 Å². The summed E-state index contributed by atoms with van der Waals surface area (Å²) in [6, 6.07) is 0.397. The van der Waals surface area contributed by atoms with Crippen LogP contribution in [0.5, 0.6) is 0 Å². The third-order valence-electron chi connectivity index (χ3n) is 5.68. The van der Waals surface area contributed by atoms with Crippen molar-refractivity contribution in [1.29, 1.82) is 5.26 Å². The molecule has 0 unspecified atom stereocenters. The molecule has 0 aromatic rings. The van der Waals surface area contributed by atoms with Crippen LogP contribution in [0.3, 0.4) is 0 Å². The lowest BCUT2D eigenvalue weighted by Gasteiger charge is -2.73. The molecule has 0 heterocycles. The number of hydrogen-bond donors (Lipinski definition) is 0. The van der Waals surface area contributed by atoms with Crippen molar-refractivity contribution in [2.45, 2.75) is 58.7 Å². The molecule has 4 aliphatic carbocycles. The molecule has 15 heteroatoms. The van der Waals surface area contributed by atoms with Crippen LogP contribution in [0.2, 0.25) is 0 Å². The second-order valence-corrected chi connectivity index (χ2v) is 6.53. The number of nitriles is 1. The summed E-state index contributed by atoms with van der Waals surface area (Å²) in [4.78, 5) is 0. The van der Waals surface area contributed by atoms with Crippen LogP contribution in [0.25, 0.3) is 0 Å². The Kier molecular flexibility index (Phi) is 3.07. The van der Waals surface area contributed by atoms with Gasteiger partial charge in [-0.25, -0.2) is 17.6 Å². The van der Waals surface area contributed by atoms with E-state index < -0.39 is 64.6 Å². The quantitative estimate of drug-likeness (QED) is 0.563. The van der Waals surface area contributed by atoms with Gasteiger partial charge in [0.2, 0.25) is 0 Å². The number of alkyl halides is 14. The van der Waals surface area contributed by atoms with Gasteiger partial charge < -0.3 is 0 Å². The fraction of sp³-hybridized carbons (Fsp3) is 0.917. The molecule has 27 heavy (non-hydrogen) atoms. The first kappa shape index (κ1) is 20.2. The predicted molar refractivity (Wildman–Crippen MR) is 53.8 cm³/mol. The zero-order chi connectivity index (χ0) is 21.5. The van der Waals surface area contributed by atoms with Crippen LogP contribution in [0.1, 0.15) is 6.42 Å². The Labute approximate surface area is 138 Å². The highest BCUT2D eigenvalue weighted by atomic mass is 19.3. The summed E-state index contributed by atoms with van der Waals surface area (Å²) in [5.41, 5.74) is -28.1. The summed E-state index contributed by atoms with van der Waals surface area (Å²) in [5.74, 6) is -41.5. The van der Waals surface area contributed by atoms with E-state index in [1.54, 1.807) is 0 Å². The van der Waals surface area contributed by atoms with Crippen LogP contribution in [0.4, 0.5) is 61.5 Å². The van der Waals surface area contributed by atoms with Crippen molar-refractivity contribution in [2.24, 2.45) is 5.92 Å². The highest BCUT2D eigenvalue weighted by Crippen LogP contribution is 2.87. The number of halogens is 14. The summed E-state index contributed by atoms with van der Waals surface area (Å²) >= 11 is 0. The Morgan fingerprint density at radius 2 is 0.778 bits per heavy atom. The third kappa shape index (κ3) is 1.16. The van der Waals surface area contributed by atoms with Gasteiger partial charge in [-0.05, 0) is 0 Å². The monoisotopic (exact) mass is 427 g/mol. The first-order valence-corrected chi connectivity index (χ1v) is 6.71. The molecule has 4 aliphatic rings. The SMILES string of the molecule is N#CCC1C2(F)C(F)(F)C3(F)C(F)(F)C1(F)C(F)(F)C(F)(C2(F)F)C3(F)F. The minimum Gasteiger partial charge on any atom is -0.230 e. The molecule has 0 N–H and O–H groups in total. The molecule has 4 saturated carbocycles. The summed E-state index contributed by atoms with van der Waals surface area (Å²) < 4.78 is 198. The van der Waals surface area contributed by atoms with Gasteiger partial charge in [0, 0.05) is 6.42 Å².